The Morgan fingerprint density at radius 2 is 2.08 bits per heavy atom. The van der Waals surface area contributed by atoms with Crippen molar-refractivity contribution in [3.8, 4) is 11.1 Å². The minimum Gasteiger partial charge on any atom is -0.429 e. The van der Waals surface area contributed by atoms with Gasteiger partial charge in [0, 0.05) is 11.8 Å². The summed E-state index contributed by atoms with van der Waals surface area (Å²) >= 11 is 0. The Morgan fingerprint density at radius 3 is 2.85 bits per heavy atom. The molecule has 0 amide bonds. The molecular formula is C10H9NO2. The molecular weight excluding hydrogens is 166 g/mol. The third-order valence-electron chi connectivity index (χ3n) is 2.15. The lowest BCUT2D eigenvalue weighted by Gasteiger charge is -2.10. The van der Waals surface area contributed by atoms with Crippen LogP contribution < -0.4 is 5.43 Å². The Hall–Kier alpha value is -1.77. The lowest BCUT2D eigenvalue weighted by molar-refractivity contribution is 0.178. The molecule has 1 aliphatic heterocycles. The molecule has 2 rings (SSSR count). The second kappa shape index (κ2) is 2.62. The van der Waals surface area contributed by atoms with Crippen LogP contribution >= 0.6 is 0 Å². The zero-order chi connectivity index (χ0) is 9.42. The van der Waals surface area contributed by atoms with E-state index >= 15 is 0 Å². The smallest absolute Gasteiger partial charge is 0.179 e. The van der Waals surface area contributed by atoms with E-state index in [9.17, 15) is 10.0 Å². The van der Waals surface area contributed by atoms with E-state index in [0.717, 1.165) is 21.6 Å². The average Bonchev–Trinajstić information content (AvgIpc) is 2.12. The van der Waals surface area contributed by atoms with Crippen LogP contribution in [0.3, 0.4) is 0 Å². The van der Waals surface area contributed by atoms with Gasteiger partial charge in [0.1, 0.15) is 0 Å². The molecule has 2 aliphatic rings. The van der Waals surface area contributed by atoms with E-state index < -0.39 is 0 Å². The van der Waals surface area contributed by atoms with Crippen LogP contribution in [-0.4, -0.2) is 9.94 Å². The van der Waals surface area contributed by atoms with Gasteiger partial charge in [-0.05, 0) is 36.8 Å². The molecule has 1 heterocycles. The van der Waals surface area contributed by atoms with Gasteiger partial charge in [0.25, 0.3) is 0 Å². The van der Waals surface area contributed by atoms with E-state index in [1.54, 1.807) is 25.1 Å². The highest BCUT2D eigenvalue weighted by Crippen LogP contribution is 2.22. The summed E-state index contributed by atoms with van der Waals surface area (Å²) in [5.41, 5.74) is 2.47. The predicted octanol–water partition coefficient (Wildman–Crippen LogP) is 1.50. The number of benzene rings is 1. The number of hydrogen-bond acceptors (Lipinski definition) is 2. The summed E-state index contributed by atoms with van der Waals surface area (Å²) in [5, 5.41) is 9.33. The lowest BCUT2D eigenvalue weighted by Crippen LogP contribution is -2.04. The zero-order valence-electron chi connectivity index (χ0n) is 7.19. The summed E-state index contributed by atoms with van der Waals surface area (Å²) in [5.74, 6) is 0. The van der Waals surface area contributed by atoms with Crippen LogP contribution in [0.25, 0.3) is 11.1 Å². The van der Waals surface area contributed by atoms with E-state index in [1.165, 1.54) is 12.3 Å². The van der Waals surface area contributed by atoms with E-state index in [4.69, 9.17) is 0 Å². The molecule has 0 saturated carbocycles. The van der Waals surface area contributed by atoms with Gasteiger partial charge >= 0.3 is 0 Å². The molecule has 0 atom stereocenters. The SMILES string of the molecule is Cc1c2ccc(=O)cc-2ccn1O. The Morgan fingerprint density at radius 1 is 1.31 bits per heavy atom. The summed E-state index contributed by atoms with van der Waals surface area (Å²) in [7, 11) is 0. The van der Waals surface area contributed by atoms with Gasteiger partial charge < -0.3 is 5.21 Å². The first-order chi connectivity index (χ1) is 6.18. The van der Waals surface area contributed by atoms with Gasteiger partial charge in [0.05, 0.1) is 5.69 Å². The maximum Gasteiger partial charge on any atom is 0.179 e. The quantitative estimate of drug-likeness (QED) is 0.616. The largest absolute Gasteiger partial charge is 0.429 e. The van der Waals surface area contributed by atoms with Crippen molar-refractivity contribution in [3.63, 3.8) is 0 Å². The van der Waals surface area contributed by atoms with Crippen LogP contribution in [0.1, 0.15) is 5.69 Å². The van der Waals surface area contributed by atoms with Gasteiger partial charge in [-0.1, -0.05) is 0 Å². The molecule has 1 aliphatic carbocycles. The highest BCUT2D eigenvalue weighted by molar-refractivity contribution is 5.66. The minimum atomic E-state index is -0.0115. The van der Waals surface area contributed by atoms with Crippen molar-refractivity contribution in [3.05, 3.63) is 46.4 Å². The fourth-order valence-corrected chi connectivity index (χ4v) is 1.39. The number of pyridine rings is 1. The standard InChI is InChI=1S/C10H9NO2/c1-7-10-3-2-9(12)6-8(10)4-5-11(7)13/h2-6,13H,1H3. The van der Waals surface area contributed by atoms with Crippen LogP contribution in [-0.2, 0) is 0 Å². The normalized spacial score (nSPS) is 10.5. The fourth-order valence-electron chi connectivity index (χ4n) is 1.39. The van der Waals surface area contributed by atoms with Gasteiger partial charge in [0.2, 0.25) is 0 Å². The Labute approximate surface area is 75.2 Å². The number of fused-ring (bicyclic) bond motifs is 1. The second-order valence-electron chi connectivity index (χ2n) is 2.99. The van der Waals surface area contributed by atoms with Gasteiger partial charge in [-0.15, -0.1) is 0 Å². The van der Waals surface area contributed by atoms with Crippen molar-refractivity contribution < 1.29 is 5.21 Å². The second-order valence-corrected chi connectivity index (χ2v) is 2.99. The van der Waals surface area contributed by atoms with Crippen molar-refractivity contribution in [1.82, 2.24) is 4.73 Å². The molecule has 0 bridgehead atoms. The third kappa shape index (κ3) is 1.18. The highest BCUT2D eigenvalue weighted by Gasteiger charge is 2.06. The fraction of sp³-hybridized carbons (Fsp3) is 0.100. The molecule has 0 aromatic heterocycles. The summed E-state index contributed by atoms with van der Waals surface area (Å²) in [6.45, 7) is 1.80. The van der Waals surface area contributed by atoms with E-state index in [0.29, 0.717) is 0 Å². The van der Waals surface area contributed by atoms with E-state index in [2.05, 4.69) is 0 Å². The number of rotatable bonds is 0. The van der Waals surface area contributed by atoms with Crippen LogP contribution in [0.5, 0.6) is 0 Å². The molecule has 3 nitrogen and oxygen atoms in total. The Kier molecular flexibility index (Phi) is 1.59. The molecule has 0 saturated heterocycles. The lowest BCUT2D eigenvalue weighted by atomic mass is 10.0. The van der Waals surface area contributed by atoms with Crippen molar-refractivity contribution in [2.45, 2.75) is 6.92 Å². The van der Waals surface area contributed by atoms with E-state index in [-0.39, 0.29) is 5.43 Å². The van der Waals surface area contributed by atoms with Crippen LogP contribution in [0, 0.1) is 6.92 Å². The first-order valence-corrected chi connectivity index (χ1v) is 4.00. The third-order valence-corrected chi connectivity index (χ3v) is 2.15. The maximum atomic E-state index is 11.0. The number of hydrogen-bond donors (Lipinski definition) is 1. The molecule has 13 heavy (non-hydrogen) atoms. The molecule has 0 aromatic rings. The molecule has 0 fully saturated rings. The number of aromatic nitrogens is 1. The van der Waals surface area contributed by atoms with Crippen molar-refractivity contribution in [2.24, 2.45) is 0 Å². The van der Waals surface area contributed by atoms with Crippen LogP contribution in [0.2, 0.25) is 0 Å². The molecule has 0 unspecified atom stereocenters. The Balaban J connectivity index is 2.87. The number of nitrogens with zero attached hydrogens (tertiary/aromatic N) is 1. The van der Waals surface area contributed by atoms with Crippen LogP contribution in [0.15, 0.2) is 35.3 Å². The first kappa shape index (κ1) is 7.86. The van der Waals surface area contributed by atoms with E-state index in [1.807, 2.05) is 0 Å². The summed E-state index contributed by atoms with van der Waals surface area (Å²) < 4.78 is 1.05. The molecule has 0 spiro atoms. The monoisotopic (exact) mass is 175 g/mol. The van der Waals surface area contributed by atoms with Gasteiger partial charge in [0.15, 0.2) is 5.43 Å². The highest BCUT2D eigenvalue weighted by atomic mass is 16.5. The predicted molar refractivity (Wildman–Crippen MR) is 49.2 cm³/mol. The zero-order valence-corrected chi connectivity index (χ0v) is 7.19. The van der Waals surface area contributed by atoms with Gasteiger partial charge in [-0.2, -0.15) is 4.73 Å². The summed E-state index contributed by atoms with van der Waals surface area (Å²) in [4.78, 5) is 11.0. The van der Waals surface area contributed by atoms with Gasteiger partial charge in [-0.3, -0.25) is 4.79 Å². The molecule has 1 N–H and O–H groups in total. The molecule has 0 radical (unpaired) electrons. The topological polar surface area (TPSA) is 42.2 Å². The molecule has 0 aromatic carbocycles. The molecule has 3 heteroatoms. The summed E-state index contributed by atoms with van der Waals surface area (Å²) in [6, 6.07) is 6.49. The molecule has 66 valence electrons. The minimum absolute atomic E-state index is 0.0115. The first-order valence-electron chi connectivity index (χ1n) is 4.00. The maximum absolute atomic E-state index is 11.0. The van der Waals surface area contributed by atoms with Crippen molar-refractivity contribution in [2.75, 3.05) is 0 Å². The van der Waals surface area contributed by atoms with Crippen LogP contribution in [0.4, 0.5) is 0 Å². The van der Waals surface area contributed by atoms with Crippen molar-refractivity contribution >= 4 is 0 Å². The Bertz CT molecular complexity index is 473. The average molecular weight is 175 g/mol. The van der Waals surface area contributed by atoms with Crippen molar-refractivity contribution in [1.29, 1.82) is 0 Å². The van der Waals surface area contributed by atoms with Gasteiger partial charge in [-0.25, -0.2) is 0 Å². The summed E-state index contributed by atoms with van der Waals surface area (Å²) in [6.07, 6.45) is 1.52.